The van der Waals surface area contributed by atoms with Crippen LogP contribution in [0.2, 0.25) is 0 Å². The zero-order chi connectivity index (χ0) is 15.3. The quantitative estimate of drug-likeness (QED) is 0.864. The molecule has 1 aliphatic heterocycles. The molecule has 0 saturated carbocycles. The van der Waals surface area contributed by atoms with Crippen LogP contribution in [-0.4, -0.2) is 38.9 Å². The molecule has 21 heavy (non-hydrogen) atoms. The van der Waals surface area contributed by atoms with E-state index in [0.29, 0.717) is 13.0 Å². The highest BCUT2D eigenvalue weighted by Gasteiger charge is 2.18. The van der Waals surface area contributed by atoms with Gasteiger partial charge < -0.3 is 4.90 Å². The molecule has 1 amide bonds. The van der Waals surface area contributed by atoms with E-state index < -0.39 is 10.0 Å². The average Bonchev–Trinajstić information content (AvgIpc) is 2.40. The summed E-state index contributed by atoms with van der Waals surface area (Å²) in [5.74, 6) is 0.0990. The van der Waals surface area contributed by atoms with Gasteiger partial charge in [0.25, 0.3) is 0 Å². The van der Waals surface area contributed by atoms with E-state index >= 15 is 0 Å². The molecule has 0 spiro atoms. The van der Waals surface area contributed by atoms with E-state index in [2.05, 4.69) is 4.72 Å². The summed E-state index contributed by atoms with van der Waals surface area (Å²) in [6.07, 6.45) is 2.52. The fraction of sp³-hybridized carbons (Fsp3) is 0.533. The second-order valence-corrected chi connectivity index (χ2v) is 7.29. The van der Waals surface area contributed by atoms with Gasteiger partial charge >= 0.3 is 0 Å². The van der Waals surface area contributed by atoms with Crippen molar-refractivity contribution >= 4 is 15.9 Å². The number of carbonyl (C=O) groups is 1. The van der Waals surface area contributed by atoms with Crippen molar-refractivity contribution < 1.29 is 13.2 Å². The first-order chi connectivity index (χ1) is 9.96. The number of hydrogen-bond acceptors (Lipinski definition) is 3. The number of hydrogen-bond donors (Lipinski definition) is 1. The highest BCUT2D eigenvalue weighted by Crippen LogP contribution is 2.10. The zero-order valence-electron chi connectivity index (χ0n) is 12.3. The van der Waals surface area contributed by atoms with Crippen molar-refractivity contribution in [2.45, 2.75) is 31.9 Å². The first-order valence-corrected chi connectivity index (χ1v) is 8.92. The maximum Gasteiger partial charge on any atom is 0.222 e. The van der Waals surface area contributed by atoms with Crippen molar-refractivity contribution in [2.24, 2.45) is 0 Å². The molecule has 0 bridgehead atoms. The van der Waals surface area contributed by atoms with Crippen LogP contribution >= 0.6 is 0 Å². The normalized spacial score (nSPS) is 16.2. The molecule has 116 valence electrons. The maximum atomic E-state index is 12.0. The lowest BCUT2D eigenvalue weighted by Gasteiger charge is -2.26. The second-order valence-electron chi connectivity index (χ2n) is 5.48. The molecular weight excluding hydrogens is 288 g/mol. The Kier molecular flexibility index (Phi) is 5.36. The van der Waals surface area contributed by atoms with Crippen LogP contribution in [0, 0.1) is 6.92 Å². The molecule has 0 atom stereocenters. The number of rotatable bonds is 6. The largest absolute Gasteiger partial charge is 0.341 e. The summed E-state index contributed by atoms with van der Waals surface area (Å²) in [5, 5.41) is 0. The zero-order valence-corrected chi connectivity index (χ0v) is 13.2. The first kappa shape index (κ1) is 16.0. The van der Waals surface area contributed by atoms with E-state index in [1.165, 1.54) is 0 Å². The summed E-state index contributed by atoms with van der Waals surface area (Å²) < 4.78 is 26.6. The predicted molar refractivity (Wildman–Crippen MR) is 82.2 cm³/mol. The Balaban J connectivity index is 1.82. The average molecular weight is 310 g/mol. The molecule has 0 unspecified atom stereocenters. The molecule has 1 aromatic rings. The molecule has 0 aliphatic carbocycles. The van der Waals surface area contributed by atoms with Crippen LogP contribution < -0.4 is 4.72 Å². The minimum absolute atomic E-state index is 0.0252. The molecular formula is C15H22N2O3S. The lowest BCUT2D eigenvalue weighted by atomic mass is 10.1. The number of sulfonamides is 1. The van der Waals surface area contributed by atoms with Crippen LogP contribution in [0.1, 0.15) is 30.4 Å². The molecule has 0 aromatic heterocycles. The van der Waals surface area contributed by atoms with Crippen molar-refractivity contribution in [1.29, 1.82) is 0 Å². The van der Waals surface area contributed by atoms with Crippen LogP contribution in [0.25, 0.3) is 0 Å². The Morgan fingerprint density at radius 1 is 1.29 bits per heavy atom. The molecule has 0 radical (unpaired) electrons. The summed E-state index contributed by atoms with van der Waals surface area (Å²) in [5.41, 5.74) is 1.82. The SMILES string of the molecule is Cc1cccc(CS(=O)(=O)NCCN2CCCCC2=O)c1. The number of nitrogens with one attached hydrogen (secondary N) is 1. The third-order valence-corrected chi connectivity index (χ3v) is 4.92. The number of carbonyl (C=O) groups excluding carboxylic acids is 1. The number of nitrogens with zero attached hydrogens (tertiary/aromatic N) is 1. The molecule has 5 nitrogen and oxygen atoms in total. The molecule has 6 heteroatoms. The van der Waals surface area contributed by atoms with Gasteiger partial charge in [-0.2, -0.15) is 0 Å². The van der Waals surface area contributed by atoms with Gasteiger partial charge in [-0.15, -0.1) is 0 Å². The second kappa shape index (κ2) is 7.04. The van der Waals surface area contributed by atoms with Crippen molar-refractivity contribution in [2.75, 3.05) is 19.6 Å². The molecule has 1 N–H and O–H groups in total. The highest BCUT2D eigenvalue weighted by atomic mass is 32.2. The molecule has 1 heterocycles. The number of benzene rings is 1. The molecule has 1 aliphatic rings. The third-order valence-electron chi connectivity index (χ3n) is 3.56. The van der Waals surface area contributed by atoms with Gasteiger partial charge in [0, 0.05) is 26.1 Å². The van der Waals surface area contributed by atoms with Gasteiger partial charge in [0.05, 0.1) is 5.75 Å². The maximum absolute atomic E-state index is 12.0. The minimum Gasteiger partial charge on any atom is -0.341 e. The van der Waals surface area contributed by atoms with Gasteiger partial charge in [-0.05, 0) is 25.3 Å². The summed E-state index contributed by atoms with van der Waals surface area (Å²) >= 11 is 0. The van der Waals surface area contributed by atoms with Crippen LogP contribution in [0.15, 0.2) is 24.3 Å². The van der Waals surface area contributed by atoms with Gasteiger partial charge in [-0.25, -0.2) is 13.1 Å². The number of aryl methyl sites for hydroxylation is 1. The topological polar surface area (TPSA) is 66.5 Å². The number of piperidine rings is 1. The van der Waals surface area contributed by atoms with E-state index in [1.807, 2.05) is 25.1 Å². The molecule has 1 aromatic carbocycles. The summed E-state index contributed by atoms with van der Waals surface area (Å²) in [7, 11) is -3.36. The van der Waals surface area contributed by atoms with Crippen molar-refractivity contribution in [3.63, 3.8) is 0 Å². The van der Waals surface area contributed by atoms with Crippen LogP contribution in [0.4, 0.5) is 0 Å². The smallest absolute Gasteiger partial charge is 0.222 e. The molecule has 1 fully saturated rings. The lowest BCUT2D eigenvalue weighted by Crippen LogP contribution is -2.41. The van der Waals surface area contributed by atoms with Gasteiger partial charge in [0.15, 0.2) is 0 Å². The third kappa shape index (κ3) is 5.13. The van der Waals surface area contributed by atoms with Crippen LogP contribution in [0.5, 0.6) is 0 Å². The van der Waals surface area contributed by atoms with E-state index in [0.717, 1.165) is 30.5 Å². The summed E-state index contributed by atoms with van der Waals surface area (Å²) in [6, 6.07) is 7.46. The van der Waals surface area contributed by atoms with Gasteiger partial charge in [-0.3, -0.25) is 4.79 Å². The highest BCUT2D eigenvalue weighted by molar-refractivity contribution is 7.88. The van der Waals surface area contributed by atoms with Gasteiger partial charge in [0.1, 0.15) is 0 Å². The summed E-state index contributed by atoms with van der Waals surface area (Å²) in [4.78, 5) is 13.4. The fourth-order valence-corrected chi connectivity index (χ4v) is 3.63. The van der Waals surface area contributed by atoms with Crippen molar-refractivity contribution in [3.8, 4) is 0 Å². The Hall–Kier alpha value is -1.40. The molecule has 1 saturated heterocycles. The summed E-state index contributed by atoms with van der Waals surface area (Å²) in [6.45, 7) is 3.40. The van der Waals surface area contributed by atoms with Crippen LogP contribution in [-0.2, 0) is 20.6 Å². The van der Waals surface area contributed by atoms with Crippen molar-refractivity contribution in [3.05, 3.63) is 35.4 Å². The van der Waals surface area contributed by atoms with Crippen LogP contribution in [0.3, 0.4) is 0 Å². The predicted octanol–water partition coefficient (Wildman–Crippen LogP) is 1.43. The van der Waals surface area contributed by atoms with E-state index in [9.17, 15) is 13.2 Å². The van der Waals surface area contributed by atoms with Gasteiger partial charge in [-0.1, -0.05) is 29.8 Å². The number of likely N-dealkylation sites (tertiary alicyclic amines) is 1. The van der Waals surface area contributed by atoms with Crippen molar-refractivity contribution in [1.82, 2.24) is 9.62 Å². The monoisotopic (exact) mass is 310 g/mol. The van der Waals surface area contributed by atoms with E-state index in [1.54, 1.807) is 11.0 Å². The minimum atomic E-state index is -3.36. The Morgan fingerprint density at radius 3 is 2.81 bits per heavy atom. The Labute approximate surface area is 126 Å². The molecule has 2 rings (SSSR count). The van der Waals surface area contributed by atoms with E-state index in [4.69, 9.17) is 0 Å². The Morgan fingerprint density at radius 2 is 2.10 bits per heavy atom. The standard InChI is InChI=1S/C15H22N2O3S/c1-13-5-4-6-14(11-13)12-21(19,20)16-8-10-17-9-3-2-7-15(17)18/h4-6,11,16H,2-3,7-10,12H2,1H3. The Bertz CT molecular complexity index is 599. The fourth-order valence-electron chi connectivity index (χ4n) is 2.51. The first-order valence-electron chi connectivity index (χ1n) is 7.27. The number of amides is 1. The van der Waals surface area contributed by atoms with E-state index in [-0.39, 0.29) is 18.2 Å². The lowest BCUT2D eigenvalue weighted by molar-refractivity contribution is -0.133. The van der Waals surface area contributed by atoms with Gasteiger partial charge in [0.2, 0.25) is 15.9 Å².